The van der Waals surface area contributed by atoms with Crippen molar-refractivity contribution in [3.63, 3.8) is 0 Å². The van der Waals surface area contributed by atoms with E-state index in [1.807, 2.05) is 0 Å². The molecule has 20 heavy (non-hydrogen) atoms. The topological polar surface area (TPSA) is 71.3 Å². The molecule has 0 bridgehead atoms. The highest BCUT2D eigenvalue weighted by Crippen LogP contribution is 2.15. The molecule has 1 aliphatic rings. The van der Waals surface area contributed by atoms with Crippen LogP contribution in [0.4, 0.5) is 0 Å². The number of hydrogen-bond donors (Lipinski definition) is 1. The molecule has 106 valence electrons. The third-order valence-electron chi connectivity index (χ3n) is 3.25. The van der Waals surface area contributed by atoms with E-state index in [-0.39, 0.29) is 5.91 Å². The summed E-state index contributed by atoms with van der Waals surface area (Å²) in [6, 6.07) is 0. The summed E-state index contributed by atoms with van der Waals surface area (Å²) in [6.45, 7) is 3.66. The van der Waals surface area contributed by atoms with Gasteiger partial charge in [-0.2, -0.15) is 0 Å². The maximum absolute atomic E-state index is 11.7. The normalized spacial score (nSPS) is 15.6. The summed E-state index contributed by atoms with van der Waals surface area (Å²) in [5.74, 6) is -0.241. The standard InChI is InChI=1S/C13H16N4O2S/c18-13(11-7-19-9-15-11)14-5-12-16-10(8-20-12)6-17-3-1-2-4-17/h7-9H,1-6H2,(H,14,18). The van der Waals surface area contributed by atoms with Gasteiger partial charge < -0.3 is 9.73 Å². The van der Waals surface area contributed by atoms with Crippen molar-refractivity contribution in [1.82, 2.24) is 20.2 Å². The van der Waals surface area contributed by atoms with Gasteiger partial charge in [0.25, 0.3) is 5.91 Å². The Morgan fingerprint density at radius 2 is 2.30 bits per heavy atom. The molecule has 0 radical (unpaired) electrons. The average molecular weight is 292 g/mol. The fourth-order valence-electron chi connectivity index (χ4n) is 2.24. The van der Waals surface area contributed by atoms with Gasteiger partial charge in [-0.05, 0) is 25.9 Å². The minimum atomic E-state index is -0.241. The Kier molecular flexibility index (Phi) is 4.08. The Bertz CT molecular complexity index is 561. The van der Waals surface area contributed by atoms with E-state index in [0.29, 0.717) is 12.2 Å². The molecule has 2 aromatic heterocycles. The molecule has 0 saturated carbocycles. The number of thiazole rings is 1. The number of hydrogen-bond acceptors (Lipinski definition) is 6. The van der Waals surface area contributed by atoms with Gasteiger partial charge in [-0.25, -0.2) is 9.97 Å². The third-order valence-corrected chi connectivity index (χ3v) is 4.15. The lowest BCUT2D eigenvalue weighted by atomic mass is 10.4. The van der Waals surface area contributed by atoms with Crippen LogP contribution in [-0.4, -0.2) is 33.9 Å². The molecule has 3 heterocycles. The lowest BCUT2D eigenvalue weighted by Gasteiger charge is -2.11. The van der Waals surface area contributed by atoms with Crippen molar-refractivity contribution < 1.29 is 9.21 Å². The molecule has 1 N–H and O–H groups in total. The number of likely N-dealkylation sites (tertiary alicyclic amines) is 1. The second-order valence-electron chi connectivity index (χ2n) is 4.77. The minimum absolute atomic E-state index is 0.241. The van der Waals surface area contributed by atoms with Gasteiger partial charge in [0.05, 0.1) is 12.2 Å². The Balaban J connectivity index is 1.50. The zero-order valence-corrected chi connectivity index (χ0v) is 11.9. The third kappa shape index (κ3) is 3.23. The van der Waals surface area contributed by atoms with E-state index < -0.39 is 0 Å². The highest BCUT2D eigenvalue weighted by atomic mass is 32.1. The number of amides is 1. The van der Waals surface area contributed by atoms with Crippen molar-refractivity contribution in [2.75, 3.05) is 13.1 Å². The minimum Gasteiger partial charge on any atom is -0.451 e. The van der Waals surface area contributed by atoms with Crippen LogP contribution < -0.4 is 5.32 Å². The summed E-state index contributed by atoms with van der Waals surface area (Å²) in [7, 11) is 0. The van der Waals surface area contributed by atoms with Crippen molar-refractivity contribution >= 4 is 17.2 Å². The Labute approximate surface area is 120 Å². The molecule has 1 amide bonds. The lowest BCUT2D eigenvalue weighted by molar-refractivity contribution is 0.0946. The van der Waals surface area contributed by atoms with E-state index in [1.165, 1.54) is 25.5 Å². The molecule has 1 saturated heterocycles. The zero-order valence-electron chi connectivity index (χ0n) is 11.0. The lowest BCUT2D eigenvalue weighted by Crippen LogP contribution is -2.23. The van der Waals surface area contributed by atoms with Crippen LogP contribution in [0.5, 0.6) is 0 Å². The van der Waals surface area contributed by atoms with Gasteiger partial charge in [0.1, 0.15) is 11.3 Å². The molecule has 2 aromatic rings. The molecule has 7 heteroatoms. The van der Waals surface area contributed by atoms with E-state index in [9.17, 15) is 4.79 Å². The van der Waals surface area contributed by atoms with Gasteiger partial charge in [0.2, 0.25) is 0 Å². The first-order valence-electron chi connectivity index (χ1n) is 6.63. The predicted molar refractivity (Wildman–Crippen MR) is 74.3 cm³/mol. The molecule has 0 aliphatic carbocycles. The number of aromatic nitrogens is 2. The molecule has 0 atom stereocenters. The zero-order chi connectivity index (χ0) is 13.8. The van der Waals surface area contributed by atoms with E-state index in [1.54, 1.807) is 11.3 Å². The van der Waals surface area contributed by atoms with Crippen LogP contribution in [0.25, 0.3) is 0 Å². The molecule has 6 nitrogen and oxygen atoms in total. The van der Waals surface area contributed by atoms with Gasteiger partial charge >= 0.3 is 0 Å². The van der Waals surface area contributed by atoms with Crippen LogP contribution in [0, 0.1) is 0 Å². The van der Waals surface area contributed by atoms with Crippen LogP contribution in [0.3, 0.4) is 0 Å². The molecule has 0 spiro atoms. The van der Waals surface area contributed by atoms with Gasteiger partial charge in [-0.15, -0.1) is 11.3 Å². The first-order valence-corrected chi connectivity index (χ1v) is 7.51. The average Bonchev–Trinajstić information content (AvgIpc) is 3.19. The summed E-state index contributed by atoms with van der Waals surface area (Å²) in [5, 5.41) is 5.76. The van der Waals surface area contributed by atoms with Gasteiger partial charge in [-0.3, -0.25) is 9.69 Å². The molecule has 1 fully saturated rings. The number of rotatable bonds is 5. The fourth-order valence-corrected chi connectivity index (χ4v) is 2.97. The molecule has 3 rings (SSSR count). The summed E-state index contributed by atoms with van der Waals surface area (Å²) < 4.78 is 4.78. The van der Waals surface area contributed by atoms with Crippen LogP contribution in [0.15, 0.2) is 22.5 Å². The predicted octanol–water partition coefficient (Wildman–Crippen LogP) is 1.66. The Morgan fingerprint density at radius 3 is 3.05 bits per heavy atom. The van der Waals surface area contributed by atoms with Crippen molar-refractivity contribution in [2.24, 2.45) is 0 Å². The molecular weight excluding hydrogens is 276 g/mol. The van der Waals surface area contributed by atoms with Crippen molar-refractivity contribution in [3.05, 3.63) is 34.4 Å². The van der Waals surface area contributed by atoms with Crippen molar-refractivity contribution in [2.45, 2.75) is 25.9 Å². The van der Waals surface area contributed by atoms with E-state index in [4.69, 9.17) is 4.42 Å². The van der Waals surface area contributed by atoms with Gasteiger partial charge in [0, 0.05) is 11.9 Å². The van der Waals surface area contributed by atoms with Crippen LogP contribution in [0.1, 0.15) is 34.0 Å². The fraction of sp³-hybridized carbons (Fsp3) is 0.462. The summed E-state index contributed by atoms with van der Waals surface area (Å²) in [4.78, 5) is 22.5. The second kappa shape index (κ2) is 6.15. The molecule has 0 unspecified atom stereocenters. The molecule has 0 aromatic carbocycles. The largest absolute Gasteiger partial charge is 0.451 e. The maximum Gasteiger partial charge on any atom is 0.273 e. The van der Waals surface area contributed by atoms with Crippen molar-refractivity contribution in [1.29, 1.82) is 0 Å². The quantitative estimate of drug-likeness (QED) is 0.907. The first-order chi connectivity index (χ1) is 9.81. The number of nitrogens with one attached hydrogen (secondary N) is 1. The monoisotopic (exact) mass is 292 g/mol. The molecular formula is C13H16N4O2S. The van der Waals surface area contributed by atoms with E-state index >= 15 is 0 Å². The number of carbonyl (C=O) groups excluding carboxylic acids is 1. The Morgan fingerprint density at radius 1 is 1.45 bits per heavy atom. The van der Waals surface area contributed by atoms with Crippen LogP contribution in [0.2, 0.25) is 0 Å². The van der Waals surface area contributed by atoms with Crippen LogP contribution >= 0.6 is 11.3 Å². The van der Waals surface area contributed by atoms with Gasteiger partial charge in [-0.1, -0.05) is 0 Å². The maximum atomic E-state index is 11.7. The van der Waals surface area contributed by atoms with Gasteiger partial charge in [0.15, 0.2) is 12.1 Å². The smallest absolute Gasteiger partial charge is 0.273 e. The SMILES string of the molecule is O=C(NCc1nc(CN2CCCC2)cs1)c1cocn1. The van der Waals surface area contributed by atoms with Crippen LogP contribution in [-0.2, 0) is 13.1 Å². The Hall–Kier alpha value is -1.73. The first kappa shape index (κ1) is 13.3. The van der Waals surface area contributed by atoms with Crippen molar-refractivity contribution in [3.8, 4) is 0 Å². The summed E-state index contributed by atoms with van der Waals surface area (Å²) in [5.41, 5.74) is 1.38. The van der Waals surface area contributed by atoms with E-state index in [0.717, 1.165) is 30.3 Å². The number of nitrogens with zero attached hydrogens (tertiary/aromatic N) is 3. The summed E-state index contributed by atoms with van der Waals surface area (Å²) in [6.07, 6.45) is 5.14. The molecule has 1 aliphatic heterocycles. The highest BCUT2D eigenvalue weighted by molar-refractivity contribution is 7.09. The number of oxazole rings is 1. The second-order valence-corrected chi connectivity index (χ2v) is 5.71. The summed E-state index contributed by atoms with van der Waals surface area (Å²) >= 11 is 1.58. The van der Waals surface area contributed by atoms with E-state index in [2.05, 4.69) is 25.6 Å². The highest BCUT2D eigenvalue weighted by Gasteiger charge is 2.14. The number of carbonyl (C=O) groups is 1.